The first kappa shape index (κ1) is 12.5. The molecule has 78 valence electrons. The van der Waals surface area contributed by atoms with Gasteiger partial charge in [-0.05, 0) is 6.42 Å². The van der Waals surface area contributed by atoms with Crippen molar-refractivity contribution in [2.24, 2.45) is 0 Å². The fourth-order valence-corrected chi connectivity index (χ4v) is 0.759. The first-order valence-corrected chi connectivity index (χ1v) is 4.79. The molecule has 0 radical (unpaired) electrons. The van der Waals surface area contributed by atoms with E-state index >= 15 is 0 Å². The second kappa shape index (κ2) is 11.5. The highest BCUT2D eigenvalue weighted by Gasteiger charge is 1.89. The largest absolute Gasteiger partial charge is 0.499 e. The summed E-state index contributed by atoms with van der Waals surface area (Å²) in [5.41, 5.74) is 0. The average Bonchev–Trinajstić information content (AvgIpc) is 2.16. The van der Waals surface area contributed by atoms with Crippen LogP contribution in [0.15, 0.2) is 12.8 Å². The van der Waals surface area contributed by atoms with Gasteiger partial charge in [-0.1, -0.05) is 19.9 Å². The van der Waals surface area contributed by atoms with Gasteiger partial charge in [0.2, 0.25) is 0 Å². The van der Waals surface area contributed by atoms with Gasteiger partial charge < -0.3 is 14.2 Å². The Kier molecular flexibility index (Phi) is 11.0. The minimum atomic E-state index is 0.568. The van der Waals surface area contributed by atoms with Crippen LogP contribution < -0.4 is 0 Å². The van der Waals surface area contributed by atoms with E-state index in [-0.39, 0.29) is 0 Å². The summed E-state index contributed by atoms with van der Waals surface area (Å²) in [6.45, 7) is 8.89. The van der Waals surface area contributed by atoms with E-state index in [1.54, 1.807) is 0 Å². The molecule has 0 aromatic carbocycles. The number of ether oxygens (including phenoxy) is 3. The molecule has 13 heavy (non-hydrogen) atoms. The monoisotopic (exact) mass is 188 g/mol. The van der Waals surface area contributed by atoms with E-state index in [4.69, 9.17) is 14.2 Å². The zero-order valence-corrected chi connectivity index (χ0v) is 8.46. The predicted molar refractivity (Wildman–Crippen MR) is 52.7 cm³/mol. The van der Waals surface area contributed by atoms with E-state index in [9.17, 15) is 0 Å². The average molecular weight is 188 g/mol. The summed E-state index contributed by atoms with van der Waals surface area (Å²) in [5.74, 6) is 0. The SMILES string of the molecule is C=COCCOCCOCCCC. The van der Waals surface area contributed by atoms with Crippen molar-refractivity contribution in [3.05, 3.63) is 12.8 Å². The molecule has 0 saturated carbocycles. The number of hydrogen-bond donors (Lipinski definition) is 0. The summed E-state index contributed by atoms with van der Waals surface area (Å²) >= 11 is 0. The fourth-order valence-electron chi connectivity index (χ4n) is 0.759. The van der Waals surface area contributed by atoms with Crippen LogP contribution >= 0.6 is 0 Å². The summed E-state index contributed by atoms with van der Waals surface area (Å²) in [4.78, 5) is 0. The molecule has 0 bridgehead atoms. The number of rotatable bonds is 10. The molecule has 0 spiro atoms. The lowest BCUT2D eigenvalue weighted by atomic mass is 10.4. The molecule has 0 aliphatic rings. The van der Waals surface area contributed by atoms with Crippen LogP contribution in [0.4, 0.5) is 0 Å². The fraction of sp³-hybridized carbons (Fsp3) is 0.800. The Morgan fingerprint density at radius 1 is 1.00 bits per heavy atom. The van der Waals surface area contributed by atoms with Crippen molar-refractivity contribution in [1.29, 1.82) is 0 Å². The third kappa shape index (κ3) is 11.5. The minimum Gasteiger partial charge on any atom is -0.499 e. The molecular weight excluding hydrogens is 168 g/mol. The molecule has 0 amide bonds. The molecule has 3 heteroatoms. The maximum atomic E-state index is 5.29. The van der Waals surface area contributed by atoms with Gasteiger partial charge in [0, 0.05) is 6.61 Å². The normalized spacial score (nSPS) is 9.92. The molecule has 0 aromatic heterocycles. The van der Waals surface area contributed by atoms with Crippen molar-refractivity contribution >= 4 is 0 Å². The highest BCUT2D eigenvalue weighted by Crippen LogP contribution is 1.87. The smallest absolute Gasteiger partial charge is 0.111 e. The van der Waals surface area contributed by atoms with Crippen molar-refractivity contribution in [2.75, 3.05) is 33.0 Å². The van der Waals surface area contributed by atoms with Crippen LogP contribution in [0, 0.1) is 0 Å². The molecule has 0 aliphatic heterocycles. The highest BCUT2D eigenvalue weighted by atomic mass is 16.5. The van der Waals surface area contributed by atoms with Crippen molar-refractivity contribution in [2.45, 2.75) is 19.8 Å². The molecule has 0 aromatic rings. The zero-order chi connectivity index (χ0) is 9.78. The van der Waals surface area contributed by atoms with Crippen LogP contribution in [-0.2, 0) is 14.2 Å². The van der Waals surface area contributed by atoms with Gasteiger partial charge in [0.25, 0.3) is 0 Å². The summed E-state index contributed by atoms with van der Waals surface area (Å²) in [6, 6.07) is 0. The maximum Gasteiger partial charge on any atom is 0.111 e. The second-order valence-corrected chi connectivity index (χ2v) is 2.62. The van der Waals surface area contributed by atoms with E-state index in [2.05, 4.69) is 13.5 Å². The quantitative estimate of drug-likeness (QED) is 0.387. The Balaban J connectivity index is 2.79. The third-order valence-corrected chi connectivity index (χ3v) is 1.48. The van der Waals surface area contributed by atoms with Gasteiger partial charge in [0.05, 0.1) is 26.1 Å². The standard InChI is InChI=1S/C10H20O3/c1-3-5-6-12-9-10-13-8-7-11-4-2/h4H,2-3,5-10H2,1H3. The molecule has 0 aliphatic carbocycles. The lowest BCUT2D eigenvalue weighted by molar-refractivity contribution is 0.0300. The molecule has 0 N–H and O–H groups in total. The summed E-state index contributed by atoms with van der Waals surface area (Å²) < 4.78 is 15.4. The topological polar surface area (TPSA) is 27.7 Å². The van der Waals surface area contributed by atoms with Gasteiger partial charge in [-0.3, -0.25) is 0 Å². The molecule has 0 unspecified atom stereocenters. The lowest BCUT2D eigenvalue weighted by Crippen LogP contribution is -2.08. The molecule has 0 rings (SSSR count). The van der Waals surface area contributed by atoms with Crippen molar-refractivity contribution in [1.82, 2.24) is 0 Å². The van der Waals surface area contributed by atoms with Crippen LogP contribution in [0.5, 0.6) is 0 Å². The van der Waals surface area contributed by atoms with Crippen LogP contribution in [-0.4, -0.2) is 33.0 Å². The lowest BCUT2D eigenvalue weighted by Gasteiger charge is -2.04. The number of hydrogen-bond acceptors (Lipinski definition) is 3. The Bertz CT molecular complexity index is 104. The van der Waals surface area contributed by atoms with Crippen LogP contribution in [0.1, 0.15) is 19.8 Å². The predicted octanol–water partition coefficient (Wildman–Crippen LogP) is 1.98. The van der Waals surface area contributed by atoms with Crippen molar-refractivity contribution < 1.29 is 14.2 Å². The maximum absolute atomic E-state index is 5.29. The van der Waals surface area contributed by atoms with Gasteiger partial charge in [-0.2, -0.15) is 0 Å². The molecule has 0 heterocycles. The Labute approximate surface area is 80.7 Å². The molecule has 0 saturated heterocycles. The molecular formula is C10H20O3. The van der Waals surface area contributed by atoms with Crippen LogP contribution in [0.3, 0.4) is 0 Å². The second-order valence-electron chi connectivity index (χ2n) is 2.62. The van der Waals surface area contributed by atoms with E-state index in [0.717, 1.165) is 13.0 Å². The summed E-state index contributed by atoms with van der Waals surface area (Å²) in [7, 11) is 0. The highest BCUT2D eigenvalue weighted by molar-refractivity contribution is 4.47. The van der Waals surface area contributed by atoms with Crippen LogP contribution in [0.25, 0.3) is 0 Å². The van der Waals surface area contributed by atoms with Crippen molar-refractivity contribution in [3.63, 3.8) is 0 Å². The van der Waals surface area contributed by atoms with E-state index < -0.39 is 0 Å². The van der Waals surface area contributed by atoms with Gasteiger partial charge in [-0.15, -0.1) is 0 Å². The van der Waals surface area contributed by atoms with Crippen molar-refractivity contribution in [3.8, 4) is 0 Å². The van der Waals surface area contributed by atoms with E-state index in [0.29, 0.717) is 26.4 Å². The number of unbranched alkanes of at least 4 members (excludes halogenated alkanes) is 1. The molecule has 3 nitrogen and oxygen atoms in total. The summed E-state index contributed by atoms with van der Waals surface area (Å²) in [5, 5.41) is 0. The van der Waals surface area contributed by atoms with E-state index in [1.807, 2.05) is 0 Å². The first-order chi connectivity index (χ1) is 6.41. The third-order valence-electron chi connectivity index (χ3n) is 1.48. The van der Waals surface area contributed by atoms with Crippen LogP contribution in [0.2, 0.25) is 0 Å². The summed E-state index contributed by atoms with van der Waals surface area (Å²) in [6.07, 6.45) is 3.72. The van der Waals surface area contributed by atoms with Gasteiger partial charge in [-0.25, -0.2) is 0 Å². The van der Waals surface area contributed by atoms with Gasteiger partial charge >= 0.3 is 0 Å². The Morgan fingerprint density at radius 2 is 1.62 bits per heavy atom. The Morgan fingerprint density at radius 3 is 2.23 bits per heavy atom. The van der Waals surface area contributed by atoms with Gasteiger partial charge in [0.15, 0.2) is 0 Å². The zero-order valence-electron chi connectivity index (χ0n) is 8.46. The van der Waals surface area contributed by atoms with Gasteiger partial charge in [0.1, 0.15) is 6.61 Å². The minimum absolute atomic E-state index is 0.568. The molecule has 0 atom stereocenters. The Hall–Kier alpha value is -0.540. The van der Waals surface area contributed by atoms with E-state index in [1.165, 1.54) is 12.7 Å². The first-order valence-electron chi connectivity index (χ1n) is 4.79. The molecule has 0 fully saturated rings.